The number of carboxylic acids is 1. The third-order valence-electron chi connectivity index (χ3n) is 7.93. The first-order chi connectivity index (χ1) is 18.3. The van der Waals surface area contributed by atoms with Gasteiger partial charge in [0.25, 0.3) is 5.91 Å². The number of anilines is 1. The van der Waals surface area contributed by atoms with Gasteiger partial charge < -0.3 is 19.6 Å². The number of hydrogen-bond donors (Lipinski definition) is 1. The average Bonchev–Trinajstić information content (AvgIpc) is 3.63. The maximum Gasteiger partial charge on any atom is 0.573 e. The highest BCUT2D eigenvalue weighted by molar-refractivity contribution is 6.07. The minimum atomic E-state index is -4.83. The molecule has 2 aromatic carbocycles. The molecule has 7 nitrogen and oxygen atoms in total. The van der Waals surface area contributed by atoms with Gasteiger partial charge in [0.05, 0.1) is 12.5 Å². The Labute approximate surface area is 224 Å². The Bertz CT molecular complexity index is 1270. The number of hydrogen-bond acceptors (Lipinski definition) is 4. The number of amides is 2. The van der Waals surface area contributed by atoms with E-state index in [0.29, 0.717) is 12.1 Å². The van der Waals surface area contributed by atoms with Crippen molar-refractivity contribution in [2.45, 2.75) is 76.9 Å². The van der Waals surface area contributed by atoms with Gasteiger partial charge in [-0.05, 0) is 67.0 Å². The van der Waals surface area contributed by atoms with Crippen molar-refractivity contribution >= 4 is 23.5 Å². The first kappa shape index (κ1) is 27.0. The molecule has 208 valence electrons. The molecule has 0 spiro atoms. The minimum absolute atomic E-state index is 0.0390. The molecule has 3 aliphatic rings. The average molecular weight is 545 g/mol. The molecule has 5 rings (SSSR count). The highest BCUT2D eigenvalue weighted by Gasteiger charge is 2.55. The van der Waals surface area contributed by atoms with E-state index in [0.717, 1.165) is 37.0 Å². The van der Waals surface area contributed by atoms with Gasteiger partial charge >= 0.3 is 12.3 Å². The molecule has 3 unspecified atom stereocenters. The fourth-order valence-corrected chi connectivity index (χ4v) is 6.38. The zero-order chi connectivity index (χ0) is 28.1. The Kier molecular flexibility index (Phi) is 6.84. The number of rotatable bonds is 7. The van der Waals surface area contributed by atoms with Gasteiger partial charge in [0.15, 0.2) is 0 Å². The van der Waals surface area contributed by atoms with Gasteiger partial charge in [0.1, 0.15) is 5.75 Å². The molecule has 0 radical (unpaired) electrons. The zero-order valence-corrected chi connectivity index (χ0v) is 21.8. The van der Waals surface area contributed by atoms with Crippen LogP contribution in [-0.4, -0.2) is 46.2 Å². The molecule has 39 heavy (non-hydrogen) atoms. The summed E-state index contributed by atoms with van der Waals surface area (Å²) in [5.41, 5.74) is 1.60. The van der Waals surface area contributed by atoms with Gasteiger partial charge in [-0.15, -0.1) is 13.2 Å². The van der Waals surface area contributed by atoms with Gasteiger partial charge in [-0.25, -0.2) is 0 Å². The van der Waals surface area contributed by atoms with Crippen molar-refractivity contribution in [3.8, 4) is 5.75 Å². The molecule has 1 aliphatic heterocycles. The van der Waals surface area contributed by atoms with Gasteiger partial charge in [0.2, 0.25) is 5.91 Å². The van der Waals surface area contributed by atoms with Crippen LogP contribution in [0.4, 0.5) is 18.9 Å². The number of ether oxygens (including phenoxy) is 1. The summed E-state index contributed by atoms with van der Waals surface area (Å²) in [6.45, 7) is 4.26. The maximum absolute atomic E-state index is 14.0. The number of fused-ring (bicyclic) bond motifs is 2. The van der Waals surface area contributed by atoms with Gasteiger partial charge in [0, 0.05) is 35.7 Å². The normalized spacial score (nSPS) is 23.5. The lowest BCUT2D eigenvalue weighted by Crippen LogP contribution is -2.53. The first-order valence-electron chi connectivity index (χ1n) is 13.2. The van der Waals surface area contributed by atoms with Crippen LogP contribution in [0.2, 0.25) is 0 Å². The van der Waals surface area contributed by atoms with Crippen molar-refractivity contribution in [2.75, 3.05) is 4.90 Å². The van der Waals surface area contributed by atoms with Crippen molar-refractivity contribution in [1.29, 1.82) is 0 Å². The molecule has 10 heteroatoms. The van der Waals surface area contributed by atoms with Crippen molar-refractivity contribution in [1.82, 2.24) is 4.90 Å². The van der Waals surface area contributed by atoms with Gasteiger partial charge in [-0.3, -0.25) is 14.4 Å². The van der Waals surface area contributed by atoms with Crippen LogP contribution in [-0.2, 0) is 9.59 Å². The van der Waals surface area contributed by atoms with Crippen molar-refractivity contribution in [3.63, 3.8) is 0 Å². The number of aliphatic carboxylic acids is 1. The van der Waals surface area contributed by atoms with Gasteiger partial charge in [-0.2, -0.15) is 0 Å². The van der Waals surface area contributed by atoms with Crippen LogP contribution in [0.1, 0.15) is 74.3 Å². The Morgan fingerprint density at radius 3 is 2.31 bits per heavy atom. The topological polar surface area (TPSA) is 87.2 Å². The van der Waals surface area contributed by atoms with Crippen LogP contribution >= 0.6 is 0 Å². The highest BCUT2D eigenvalue weighted by atomic mass is 19.4. The van der Waals surface area contributed by atoms with E-state index in [1.807, 2.05) is 29.2 Å². The number of benzene rings is 2. The number of carbonyl (C=O) groups is 3. The quantitative estimate of drug-likeness (QED) is 0.466. The Morgan fingerprint density at radius 2 is 1.69 bits per heavy atom. The van der Waals surface area contributed by atoms with E-state index in [-0.39, 0.29) is 59.7 Å². The molecule has 1 N–H and O–H groups in total. The molecular weight excluding hydrogens is 513 g/mol. The van der Waals surface area contributed by atoms with E-state index < -0.39 is 18.1 Å². The summed E-state index contributed by atoms with van der Waals surface area (Å²) in [4.78, 5) is 42.3. The predicted octanol–water partition coefficient (Wildman–Crippen LogP) is 5.95. The molecule has 2 aromatic rings. The molecule has 0 aromatic heterocycles. The molecule has 2 fully saturated rings. The number of para-hydroxylation sites is 1. The monoisotopic (exact) mass is 544 g/mol. The molecule has 0 bridgehead atoms. The standard InChI is InChI=1S/C29H31F3N2O5/c1-28(2)15-21-23(16-28)34(27(38)17-7-11-19(12-8-17)39-29(30,31)32)22-6-4-3-5-20(22)26(21)33(18-9-10-18)24(35)13-14-25(36)37/h3-8,11-12,18,21,23,26H,9-10,13-16H2,1-2H3,(H,36,37). The number of nitrogens with zero attached hydrogens (tertiary/aromatic N) is 2. The predicted molar refractivity (Wildman–Crippen MR) is 136 cm³/mol. The lowest BCUT2D eigenvalue weighted by atomic mass is 9.80. The van der Waals surface area contributed by atoms with Crippen LogP contribution < -0.4 is 9.64 Å². The molecule has 3 atom stereocenters. The second kappa shape index (κ2) is 9.88. The minimum Gasteiger partial charge on any atom is -0.481 e. The summed E-state index contributed by atoms with van der Waals surface area (Å²) >= 11 is 0. The molecule has 2 saturated carbocycles. The summed E-state index contributed by atoms with van der Waals surface area (Å²) < 4.78 is 41.9. The fourth-order valence-electron chi connectivity index (χ4n) is 6.38. The van der Waals surface area contributed by atoms with Crippen molar-refractivity contribution < 1.29 is 37.4 Å². The number of carboxylic acid groups (broad SMARTS) is 1. The van der Waals surface area contributed by atoms with E-state index in [4.69, 9.17) is 0 Å². The Morgan fingerprint density at radius 1 is 1.03 bits per heavy atom. The lowest BCUT2D eigenvalue weighted by molar-refractivity contribution is -0.274. The van der Waals surface area contributed by atoms with E-state index >= 15 is 0 Å². The van der Waals surface area contributed by atoms with E-state index in [1.54, 1.807) is 4.90 Å². The fraction of sp³-hybridized carbons (Fsp3) is 0.483. The smallest absolute Gasteiger partial charge is 0.481 e. The Hall–Kier alpha value is -3.56. The van der Waals surface area contributed by atoms with E-state index in [9.17, 15) is 32.7 Å². The van der Waals surface area contributed by atoms with Crippen LogP contribution in [0.25, 0.3) is 0 Å². The van der Waals surface area contributed by atoms with E-state index in [1.165, 1.54) is 12.1 Å². The molecule has 2 aliphatic carbocycles. The molecular formula is C29H31F3N2O5. The maximum atomic E-state index is 14.0. The second-order valence-corrected chi connectivity index (χ2v) is 11.5. The van der Waals surface area contributed by atoms with Crippen molar-refractivity contribution in [3.05, 3.63) is 59.7 Å². The van der Waals surface area contributed by atoms with Crippen LogP contribution in [0.3, 0.4) is 0 Å². The highest BCUT2D eigenvalue weighted by Crippen LogP contribution is 2.57. The van der Waals surface area contributed by atoms with Crippen molar-refractivity contribution in [2.24, 2.45) is 11.3 Å². The largest absolute Gasteiger partial charge is 0.573 e. The molecule has 0 saturated heterocycles. The lowest BCUT2D eigenvalue weighted by Gasteiger charge is -2.47. The second-order valence-electron chi connectivity index (χ2n) is 11.5. The number of alkyl halides is 3. The van der Waals surface area contributed by atoms with Crippen LogP contribution in [0.15, 0.2) is 48.5 Å². The molecule has 2 amide bonds. The SMILES string of the molecule is CC1(C)CC2C(C1)N(C(=O)c1ccc(OC(F)(F)F)cc1)c1ccccc1C2N(C(=O)CCC(=O)O)C1CC1. The first-order valence-corrected chi connectivity index (χ1v) is 13.2. The summed E-state index contributed by atoms with van der Waals surface area (Å²) in [5.74, 6) is -2.03. The summed E-state index contributed by atoms with van der Waals surface area (Å²) in [5, 5.41) is 9.18. The van der Waals surface area contributed by atoms with Crippen LogP contribution in [0, 0.1) is 11.3 Å². The summed E-state index contributed by atoms with van der Waals surface area (Å²) in [6, 6.07) is 11.9. The third kappa shape index (κ3) is 5.60. The third-order valence-corrected chi connectivity index (χ3v) is 7.93. The zero-order valence-electron chi connectivity index (χ0n) is 21.8. The summed E-state index contributed by atoms with van der Waals surface area (Å²) in [7, 11) is 0. The number of carbonyl (C=O) groups excluding carboxylic acids is 2. The van der Waals surface area contributed by atoms with Crippen LogP contribution in [0.5, 0.6) is 5.75 Å². The van der Waals surface area contributed by atoms with Gasteiger partial charge in [-0.1, -0.05) is 32.0 Å². The Balaban J connectivity index is 1.54. The summed E-state index contributed by atoms with van der Waals surface area (Å²) in [6.07, 6.45) is -2.00. The molecule has 1 heterocycles. The number of halogens is 3. The van der Waals surface area contributed by atoms with E-state index in [2.05, 4.69) is 18.6 Å².